The van der Waals surface area contributed by atoms with Crippen LogP contribution in [0.1, 0.15) is 25.3 Å². The van der Waals surface area contributed by atoms with Gasteiger partial charge in [-0.3, -0.25) is 4.99 Å². The highest BCUT2D eigenvalue weighted by molar-refractivity contribution is 5.79. The number of aliphatic imine (C=N–C) groups is 1. The minimum Gasteiger partial charge on any atom is -0.352 e. The Morgan fingerprint density at radius 3 is 2.70 bits per heavy atom. The lowest BCUT2D eigenvalue weighted by molar-refractivity contribution is 0.273. The molecule has 0 atom stereocenters. The quantitative estimate of drug-likeness (QED) is 0.700. The average molecular weight is 311 g/mol. The molecule has 0 bridgehead atoms. The van der Waals surface area contributed by atoms with Gasteiger partial charge in [0.1, 0.15) is 0 Å². The number of likely N-dealkylation sites (tertiary alicyclic amines) is 1. The second-order valence-corrected chi connectivity index (χ2v) is 6.20. The molecule has 0 spiro atoms. The summed E-state index contributed by atoms with van der Waals surface area (Å²) in [7, 11) is 1.85. The Bertz CT molecular complexity index is 638. The van der Waals surface area contributed by atoms with E-state index in [1.165, 1.54) is 12.8 Å². The first-order valence-corrected chi connectivity index (χ1v) is 8.31. The molecule has 1 N–H and O–H groups in total. The summed E-state index contributed by atoms with van der Waals surface area (Å²) in [5, 5.41) is 7.89. The fraction of sp³-hybridized carbons (Fsp3) is 0.444. The summed E-state index contributed by atoms with van der Waals surface area (Å²) in [4.78, 5) is 6.77. The Kier molecular flexibility index (Phi) is 4.95. The number of nitrogens with one attached hydrogen (secondary N) is 1. The molecule has 1 aliphatic heterocycles. The molecule has 0 aliphatic carbocycles. The Balaban J connectivity index is 1.58. The second-order valence-electron chi connectivity index (χ2n) is 6.20. The summed E-state index contributed by atoms with van der Waals surface area (Å²) in [6.07, 6.45) is 6.46. The number of rotatable bonds is 3. The van der Waals surface area contributed by atoms with Crippen molar-refractivity contribution >= 4 is 5.96 Å². The number of nitrogens with zero attached hydrogens (tertiary/aromatic N) is 4. The van der Waals surface area contributed by atoms with Crippen LogP contribution in [0.15, 0.2) is 47.7 Å². The number of benzene rings is 1. The van der Waals surface area contributed by atoms with Crippen molar-refractivity contribution < 1.29 is 0 Å². The molecule has 1 aromatic heterocycles. The first kappa shape index (κ1) is 15.6. The van der Waals surface area contributed by atoms with E-state index in [2.05, 4.69) is 45.6 Å². The van der Waals surface area contributed by atoms with Gasteiger partial charge in [0.25, 0.3) is 0 Å². The molecule has 1 aromatic carbocycles. The van der Waals surface area contributed by atoms with E-state index in [1.807, 2.05) is 36.1 Å². The third-order valence-electron chi connectivity index (χ3n) is 4.40. The number of guanidine groups is 1. The average Bonchev–Trinajstić information content (AvgIpc) is 3.07. The summed E-state index contributed by atoms with van der Waals surface area (Å²) in [6, 6.07) is 10.2. The molecule has 2 aromatic rings. The number of piperidine rings is 1. The predicted molar refractivity (Wildman–Crippen MR) is 93.7 cm³/mol. The SMILES string of the molecule is CN=C(NCc1cnn(-c2ccccc2)c1)N1CCC(C)CC1. The minimum atomic E-state index is 0.742. The second kappa shape index (κ2) is 7.31. The Morgan fingerprint density at radius 1 is 1.26 bits per heavy atom. The van der Waals surface area contributed by atoms with Crippen molar-refractivity contribution in [3.05, 3.63) is 48.3 Å². The van der Waals surface area contributed by atoms with Crippen LogP contribution < -0.4 is 5.32 Å². The van der Waals surface area contributed by atoms with Crippen molar-refractivity contribution in [1.29, 1.82) is 0 Å². The van der Waals surface area contributed by atoms with Gasteiger partial charge in [0, 0.05) is 38.4 Å². The smallest absolute Gasteiger partial charge is 0.193 e. The van der Waals surface area contributed by atoms with Gasteiger partial charge in [-0.2, -0.15) is 5.10 Å². The monoisotopic (exact) mass is 311 g/mol. The van der Waals surface area contributed by atoms with E-state index >= 15 is 0 Å². The van der Waals surface area contributed by atoms with Crippen LogP contribution in [0, 0.1) is 5.92 Å². The molecule has 1 aliphatic rings. The van der Waals surface area contributed by atoms with Gasteiger partial charge in [-0.05, 0) is 30.9 Å². The first-order valence-electron chi connectivity index (χ1n) is 8.31. The van der Waals surface area contributed by atoms with E-state index in [4.69, 9.17) is 0 Å². The normalized spacial score (nSPS) is 16.6. The molecular formula is C18H25N5. The Hall–Kier alpha value is -2.30. The third-order valence-corrected chi connectivity index (χ3v) is 4.40. The highest BCUT2D eigenvalue weighted by Crippen LogP contribution is 2.16. The van der Waals surface area contributed by atoms with Crippen LogP contribution in [0.3, 0.4) is 0 Å². The molecule has 1 saturated heterocycles. The van der Waals surface area contributed by atoms with E-state index in [-0.39, 0.29) is 0 Å². The van der Waals surface area contributed by atoms with Crippen molar-refractivity contribution in [3.8, 4) is 5.69 Å². The third kappa shape index (κ3) is 3.92. The molecular weight excluding hydrogens is 286 g/mol. The van der Waals surface area contributed by atoms with Gasteiger partial charge in [-0.25, -0.2) is 4.68 Å². The molecule has 122 valence electrons. The van der Waals surface area contributed by atoms with Gasteiger partial charge in [0.05, 0.1) is 11.9 Å². The van der Waals surface area contributed by atoms with Crippen LogP contribution in [0.4, 0.5) is 0 Å². The van der Waals surface area contributed by atoms with Crippen LogP contribution in [-0.4, -0.2) is 40.8 Å². The van der Waals surface area contributed by atoms with Gasteiger partial charge in [-0.1, -0.05) is 25.1 Å². The molecule has 5 heteroatoms. The van der Waals surface area contributed by atoms with Crippen LogP contribution >= 0.6 is 0 Å². The fourth-order valence-electron chi connectivity index (χ4n) is 2.91. The molecule has 0 saturated carbocycles. The zero-order chi connectivity index (χ0) is 16.1. The Morgan fingerprint density at radius 2 is 2.00 bits per heavy atom. The molecule has 23 heavy (non-hydrogen) atoms. The largest absolute Gasteiger partial charge is 0.352 e. The van der Waals surface area contributed by atoms with E-state index in [0.717, 1.165) is 42.8 Å². The van der Waals surface area contributed by atoms with Crippen molar-refractivity contribution in [2.75, 3.05) is 20.1 Å². The maximum Gasteiger partial charge on any atom is 0.193 e. The molecule has 0 radical (unpaired) electrons. The fourth-order valence-corrected chi connectivity index (χ4v) is 2.91. The van der Waals surface area contributed by atoms with Crippen molar-refractivity contribution in [1.82, 2.24) is 20.0 Å². The summed E-state index contributed by atoms with van der Waals surface area (Å²) >= 11 is 0. The van der Waals surface area contributed by atoms with Gasteiger partial charge in [-0.15, -0.1) is 0 Å². The topological polar surface area (TPSA) is 45.5 Å². The highest BCUT2D eigenvalue weighted by atomic mass is 15.3. The van der Waals surface area contributed by atoms with Gasteiger partial charge in [0.2, 0.25) is 0 Å². The minimum absolute atomic E-state index is 0.742. The number of hydrogen-bond acceptors (Lipinski definition) is 2. The van der Waals surface area contributed by atoms with Gasteiger partial charge < -0.3 is 10.2 Å². The van der Waals surface area contributed by atoms with Crippen LogP contribution in [0.5, 0.6) is 0 Å². The lowest BCUT2D eigenvalue weighted by atomic mass is 10.00. The molecule has 3 rings (SSSR count). The van der Waals surface area contributed by atoms with Crippen molar-refractivity contribution in [2.45, 2.75) is 26.3 Å². The van der Waals surface area contributed by atoms with Gasteiger partial charge in [0.15, 0.2) is 5.96 Å². The zero-order valence-electron chi connectivity index (χ0n) is 13.9. The van der Waals surface area contributed by atoms with Crippen molar-refractivity contribution in [3.63, 3.8) is 0 Å². The van der Waals surface area contributed by atoms with E-state index in [0.29, 0.717) is 0 Å². The number of para-hydroxylation sites is 1. The zero-order valence-corrected chi connectivity index (χ0v) is 13.9. The molecule has 0 unspecified atom stereocenters. The van der Waals surface area contributed by atoms with E-state index in [9.17, 15) is 0 Å². The van der Waals surface area contributed by atoms with Crippen molar-refractivity contribution in [2.24, 2.45) is 10.9 Å². The summed E-state index contributed by atoms with van der Waals surface area (Å²) in [6.45, 7) is 5.24. The number of hydrogen-bond donors (Lipinski definition) is 1. The van der Waals surface area contributed by atoms with Crippen LogP contribution in [0.2, 0.25) is 0 Å². The predicted octanol–water partition coefficient (Wildman–Crippen LogP) is 2.68. The maximum atomic E-state index is 4.44. The molecule has 2 heterocycles. The Labute approximate surface area is 138 Å². The van der Waals surface area contributed by atoms with E-state index in [1.54, 1.807) is 0 Å². The number of aromatic nitrogens is 2. The summed E-state index contributed by atoms with van der Waals surface area (Å²) < 4.78 is 1.91. The summed E-state index contributed by atoms with van der Waals surface area (Å²) in [5.74, 6) is 1.82. The lowest BCUT2D eigenvalue weighted by Crippen LogP contribution is -2.45. The molecule has 0 amide bonds. The van der Waals surface area contributed by atoms with Crippen LogP contribution in [0.25, 0.3) is 5.69 Å². The maximum absolute atomic E-state index is 4.44. The van der Waals surface area contributed by atoms with Gasteiger partial charge >= 0.3 is 0 Å². The molecule has 1 fully saturated rings. The lowest BCUT2D eigenvalue weighted by Gasteiger charge is -2.32. The first-order chi connectivity index (χ1) is 11.3. The van der Waals surface area contributed by atoms with E-state index < -0.39 is 0 Å². The standard InChI is InChI=1S/C18H25N5/c1-15-8-10-22(11-9-15)18(19-2)20-12-16-13-21-23(14-16)17-6-4-3-5-7-17/h3-7,13-15H,8-12H2,1-2H3,(H,19,20). The summed E-state index contributed by atoms with van der Waals surface area (Å²) in [5.41, 5.74) is 2.23. The highest BCUT2D eigenvalue weighted by Gasteiger charge is 2.18. The molecule has 5 nitrogen and oxygen atoms in total. The van der Waals surface area contributed by atoms with Crippen LogP contribution in [-0.2, 0) is 6.54 Å².